The Labute approximate surface area is 135 Å². The van der Waals surface area contributed by atoms with Crippen LogP contribution in [-0.4, -0.2) is 45.4 Å². The highest BCUT2D eigenvalue weighted by Crippen LogP contribution is 2.36. The summed E-state index contributed by atoms with van der Waals surface area (Å²) in [7, 11) is 0. The number of benzene rings is 1. The van der Waals surface area contributed by atoms with E-state index in [4.69, 9.17) is 4.52 Å². The first kappa shape index (κ1) is 14.6. The van der Waals surface area contributed by atoms with Crippen molar-refractivity contribution in [2.24, 2.45) is 5.92 Å². The lowest BCUT2D eigenvalue weighted by Crippen LogP contribution is -2.58. The van der Waals surface area contributed by atoms with Gasteiger partial charge in [-0.1, -0.05) is 29.4 Å². The Kier molecular flexibility index (Phi) is 3.54. The summed E-state index contributed by atoms with van der Waals surface area (Å²) in [6.45, 7) is 4.79. The van der Waals surface area contributed by atoms with Crippen LogP contribution in [0.3, 0.4) is 0 Å². The van der Waals surface area contributed by atoms with Crippen molar-refractivity contribution in [1.29, 1.82) is 0 Å². The Morgan fingerprint density at radius 3 is 2.83 bits per heavy atom. The van der Waals surface area contributed by atoms with Crippen LogP contribution in [0.2, 0.25) is 0 Å². The highest BCUT2D eigenvalue weighted by atomic mass is 16.5. The van der Waals surface area contributed by atoms with Gasteiger partial charge >= 0.3 is 0 Å². The van der Waals surface area contributed by atoms with Gasteiger partial charge in [0, 0.05) is 12.1 Å². The Hall–Kier alpha value is -1.98. The standard InChI is InChI=1S/C18H21N3O2/c1-13-19-17(23-20-13)15-4-2-3-14(11-15)5-8-18(22)12-21-9-6-16(18)7-10-21/h2-5,8,11,16,22H,6-7,9-10,12H2,1H3. The third kappa shape index (κ3) is 2.82. The molecule has 2 aromatic rings. The summed E-state index contributed by atoms with van der Waals surface area (Å²) >= 11 is 0. The van der Waals surface area contributed by atoms with Gasteiger partial charge in [0.25, 0.3) is 5.89 Å². The lowest BCUT2D eigenvalue weighted by Gasteiger charge is -2.49. The molecule has 2 bridgehead atoms. The van der Waals surface area contributed by atoms with Gasteiger partial charge in [-0.15, -0.1) is 0 Å². The van der Waals surface area contributed by atoms with Gasteiger partial charge in [-0.05, 0) is 56.5 Å². The molecular weight excluding hydrogens is 290 g/mol. The van der Waals surface area contributed by atoms with Gasteiger partial charge in [0.15, 0.2) is 5.82 Å². The first-order valence-corrected chi connectivity index (χ1v) is 8.17. The molecule has 1 aromatic heterocycles. The fourth-order valence-corrected chi connectivity index (χ4v) is 3.70. The quantitative estimate of drug-likeness (QED) is 0.943. The average Bonchev–Trinajstić information content (AvgIpc) is 3.01. The number of aliphatic hydroxyl groups is 1. The molecule has 0 radical (unpaired) electrons. The third-order valence-corrected chi connectivity index (χ3v) is 5.00. The molecule has 0 amide bonds. The summed E-state index contributed by atoms with van der Waals surface area (Å²) in [5.74, 6) is 1.53. The molecule has 3 saturated heterocycles. The lowest BCUT2D eigenvalue weighted by molar-refractivity contribution is -0.0775. The minimum atomic E-state index is -0.701. The zero-order valence-electron chi connectivity index (χ0n) is 13.3. The van der Waals surface area contributed by atoms with E-state index in [0.29, 0.717) is 17.6 Å². The number of fused-ring (bicyclic) bond motifs is 3. The normalized spacial score (nSPS) is 30.2. The van der Waals surface area contributed by atoms with Gasteiger partial charge in [0.1, 0.15) is 0 Å². The van der Waals surface area contributed by atoms with Crippen LogP contribution in [0.25, 0.3) is 17.5 Å². The van der Waals surface area contributed by atoms with E-state index in [1.807, 2.05) is 36.4 Å². The van der Waals surface area contributed by atoms with Crippen LogP contribution >= 0.6 is 0 Å². The molecule has 1 unspecified atom stereocenters. The fourth-order valence-electron chi connectivity index (χ4n) is 3.70. The Morgan fingerprint density at radius 2 is 2.17 bits per heavy atom. The van der Waals surface area contributed by atoms with E-state index >= 15 is 0 Å². The van der Waals surface area contributed by atoms with Crippen LogP contribution < -0.4 is 0 Å². The summed E-state index contributed by atoms with van der Waals surface area (Å²) < 4.78 is 5.22. The minimum absolute atomic E-state index is 0.380. The van der Waals surface area contributed by atoms with Crippen molar-refractivity contribution in [2.45, 2.75) is 25.4 Å². The van der Waals surface area contributed by atoms with Crippen molar-refractivity contribution in [2.75, 3.05) is 19.6 Å². The SMILES string of the molecule is Cc1noc(-c2cccc(C=CC3(O)CN4CCC3CC4)c2)n1. The van der Waals surface area contributed by atoms with Gasteiger partial charge in [0.05, 0.1) is 5.60 Å². The molecule has 5 heteroatoms. The van der Waals surface area contributed by atoms with E-state index in [2.05, 4.69) is 15.0 Å². The van der Waals surface area contributed by atoms with E-state index in [1.54, 1.807) is 6.92 Å². The van der Waals surface area contributed by atoms with Gasteiger partial charge in [-0.3, -0.25) is 0 Å². The highest BCUT2D eigenvalue weighted by molar-refractivity contribution is 5.61. The zero-order chi connectivity index (χ0) is 15.9. The molecule has 3 fully saturated rings. The molecule has 3 aliphatic heterocycles. The molecule has 1 aromatic carbocycles. The van der Waals surface area contributed by atoms with E-state index in [0.717, 1.165) is 43.6 Å². The maximum atomic E-state index is 10.9. The topological polar surface area (TPSA) is 62.4 Å². The molecule has 0 spiro atoms. The molecule has 5 rings (SSSR count). The molecule has 23 heavy (non-hydrogen) atoms. The molecular formula is C18H21N3O2. The van der Waals surface area contributed by atoms with Crippen molar-refractivity contribution in [1.82, 2.24) is 15.0 Å². The highest BCUT2D eigenvalue weighted by Gasteiger charge is 2.43. The Morgan fingerprint density at radius 1 is 1.35 bits per heavy atom. The smallest absolute Gasteiger partial charge is 0.257 e. The number of piperidine rings is 3. The lowest BCUT2D eigenvalue weighted by atomic mass is 9.75. The molecule has 0 aliphatic carbocycles. The van der Waals surface area contributed by atoms with Gasteiger partial charge in [0.2, 0.25) is 0 Å². The van der Waals surface area contributed by atoms with Crippen molar-refractivity contribution < 1.29 is 9.63 Å². The summed E-state index contributed by atoms with van der Waals surface area (Å²) in [5, 5.41) is 14.8. The second-order valence-corrected chi connectivity index (χ2v) is 6.65. The summed E-state index contributed by atoms with van der Waals surface area (Å²) in [6, 6.07) is 7.95. The van der Waals surface area contributed by atoms with E-state index in [9.17, 15) is 5.11 Å². The van der Waals surface area contributed by atoms with E-state index in [-0.39, 0.29) is 0 Å². The van der Waals surface area contributed by atoms with Crippen LogP contribution in [0.15, 0.2) is 34.9 Å². The van der Waals surface area contributed by atoms with Crippen molar-refractivity contribution >= 4 is 6.08 Å². The summed E-state index contributed by atoms with van der Waals surface area (Å²) in [5.41, 5.74) is 1.23. The van der Waals surface area contributed by atoms with Crippen LogP contribution in [0.1, 0.15) is 24.2 Å². The second kappa shape index (κ2) is 5.58. The third-order valence-electron chi connectivity index (χ3n) is 5.00. The van der Waals surface area contributed by atoms with Crippen LogP contribution in [-0.2, 0) is 0 Å². The van der Waals surface area contributed by atoms with Crippen LogP contribution in [0.4, 0.5) is 0 Å². The number of aromatic nitrogens is 2. The monoisotopic (exact) mass is 311 g/mol. The molecule has 0 saturated carbocycles. The van der Waals surface area contributed by atoms with Gasteiger partial charge in [-0.25, -0.2) is 0 Å². The van der Waals surface area contributed by atoms with Crippen LogP contribution in [0, 0.1) is 12.8 Å². The van der Waals surface area contributed by atoms with E-state index < -0.39 is 5.60 Å². The number of rotatable bonds is 3. The average molecular weight is 311 g/mol. The zero-order valence-corrected chi connectivity index (χ0v) is 13.3. The largest absolute Gasteiger partial charge is 0.384 e. The van der Waals surface area contributed by atoms with Crippen molar-refractivity contribution in [3.8, 4) is 11.5 Å². The Bertz CT molecular complexity index is 731. The number of hydrogen-bond acceptors (Lipinski definition) is 5. The maximum absolute atomic E-state index is 10.9. The molecule has 3 aliphatic rings. The second-order valence-electron chi connectivity index (χ2n) is 6.65. The fraction of sp³-hybridized carbons (Fsp3) is 0.444. The first-order chi connectivity index (χ1) is 11.1. The van der Waals surface area contributed by atoms with Gasteiger partial charge < -0.3 is 14.5 Å². The van der Waals surface area contributed by atoms with Crippen LogP contribution in [0.5, 0.6) is 0 Å². The molecule has 1 atom stereocenters. The van der Waals surface area contributed by atoms with Crippen molar-refractivity contribution in [3.05, 3.63) is 41.7 Å². The predicted octanol–water partition coefficient (Wildman–Crippen LogP) is 2.51. The number of aryl methyl sites for hydroxylation is 1. The van der Waals surface area contributed by atoms with Crippen molar-refractivity contribution in [3.63, 3.8) is 0 Å². The molecule has 120 valence electrons. The summed E-state index contributed by atoms with van der Waals surface area (Å²) in [4.78, 5) is 6.61. The number of nitrogens with zero attached hydrogens (tertiary/aromatic N) is 3. The first-order valence-electron chi connectivity index (χ1n) is 8.17. The predicted molar refractivity (Wildman–Crippen MR) is 87.6 cm³/mol. The maximum Gasteiger partial charge on any atom is 0.257 e. The molecule has 1 N–H and O–H groups in total. The minimum Gasteiger partial charge on any atom is -0.384 e. The molecule has 4 heterocycles. The van der Waals surface area contributed by atoms with E-state index in [1.165, 1.54) is 0 Å². The Balaban J connectivity index is 1.57. The summed E-state index contributed by atoms with van der Waals surface area (Å²) in [6.07, 6.45) is 6.15. The van der Waals surface area contributed by atoms with Gasteiger partial charge in [-0.2, -0.15) is 4.98 Å². The molecule has 5 nitrogen and oxygen atoms in total. The number of hydrogen-bond donors (Lipinski definition) is 1.